The number of rotatable bonds is 5. The molecule has 0 aromatic heterocycles. The van der Waals surface area contributed by atoms with E-state index in [2.05, 4.69) is 5.32 Å². The number of carbonyl (C=O) groups excluding carboxylic acids is 2. The lowest BCUT2D eigenvalue weighted by atomic mass is 9.98. The summed E-state index contributed by atoms with van der Waals surface area (Å²) in [6.07, 6.45) is 1.30. The molecule has 1 atom stereocenters. The van der Waals surface area contributed by atoms with Gasteiger partial charge in [-0.1, -0.05) is 12.1 Å². The zero-order valence-corrected chi connectivity index (χ0v) is 14.7. The second-order valence-corrected chi connectivity index (χ2v) is 6.65. The van der Waals surface area contributed by atoms with Gasteiger partial charge in [0.2, 0.25) is 5.91 Å². The van der Waals surface area contributed by atoms with Crippen LogP contribution in [0.2, 0.25) is 0 Å². The van der Waals surface area contributed by atoms with Crippen LogP contribution in [0.1, 0.15) is 34.8 Å². The number of piperidine rings is 1. The molecule has 27 heavy (non-hydrogen) atoms. The Kier molecular flexibility index (Phi) is 5.81. The molecule has 3 N–H and O–H groups in total. The minimum atomic E-state index is -0.626. The molecule has 1 saturated heterocycles. The third-order valence-electron chi connectivity index (χ3n) is 4.79. The molecule has 1 aliphatic rings. The largest absolute Gasteiger partial charge is 0.368 e. The van der Waals surface area contributed by atoms with Crippen LogP contribution in [0.15, 0.2) is 48.5 Å². The number of nitrogens with two attached hydrogens (primary N) is 1. The van der Waals surface area contributed by atoms with E-state index in [9.17, 15) is 18.4 Å². The number of carbonyl (C=O) groups is 2. The summed E-state index contributed by atoms with van der Waals surface area (Å²) >= 11 is 0. The number of hydrogen-bond acceptors (Lipinski definition) is 3. The van der Waals surface area contributed by atoms with Gasteiger partial charge in [0.05, 0.1) is 0 Å². The first-order chi connectivity index (χ1) is 12.9. The summed E-state index contributed by atoms with van der Waals surface area (Å²) in [5, 5.41) is 2.94. The molecule has 7 heteroatoms. The van der Waals surface area contributed by atoms with Crippen LogP contribution in [0, 0.1) is 11.6 Å². The lowest BCUT2D eigenvalue weighted by Gasteiger charge is -2.36. The fourth-order valence-electron chi connectivity index (χ4n) is 3.37. The third kappa shape index (κ3) is 4.68. The minimum absolute atomic E-state index is 0.0412. The quantitative estimate of drug-likeness (QED) is 0.845. The van der Waals surface area contributed by atoms with Crippen LogP contribution >= 0.6 is 0 Å². The van der Waals surface area contributed by atoms with Gasteiger partial charge < -0.3 is 11.1 Å². The Balaban J connectivity index is 1.60. The van der Waals surface area contributed by atoms with Gasteiger partial charge in [0.15, 0.2) is 0 Å². The standard InChI is InChI=1S/C20H21F2N3O2/c21-15-5-1-13(2-6-15)18(19(23)26)25-11-9-17(10-12-25)24-20(27)14-3-7-16(22)8-4-14/h1-8,17-18H,9-12H2,(H2,23,26)(H,24,27)/t18-/m1/s1. The Hall–Kier alpha value is -2.80. The first kappa shape index (κ1) is 19.0. The lowest BCUT2D eigenvalue weighted by molar-refractivity contribution is -0.124. The summed E-state index contributed by atoms with van der Waals surface area (Å²) in [5.74, 6) is -1.50. The molecule has 1 heterocycles. The van der Waals surface area contributed by atoms with E-state index in [0.29, 0.717) is 37.1 Å². The summed E-state index contributed by atoms with van der Waals surface area (Å²) in [4.78, 5) is 26.1. The van der Waals surface area contributed by atoms with Crippen molar-refractivity contribution in [3.05, 3.63) is 71.3 Å². The molecule has 5 nitrogen and oxygen atoms in total. The molecule has 0 aliphatic carbocycles. The summed E-state index contributed by atoms with van der Waals surface area (Å²) in [5.41, 5.74) is 6.62. The van der Waals surface area contributed by atoms with Crippen LogP contribution in [0.25, 0.3) is 0 Å². The Morgan fingerprint density at radius 2 is 1.48 bits per heavy atom. The maximum atomic E-state index is 13.1. The first-order valence-corrected chi connectivity index (χ1v) is 8.79. The van der Waals surface area contributed by atoms with Gasteiger partial charge in [0.1, 0.15) is 17.7 Å². The van der Waals surface area contributed by atoms with Gasteiger partial charge in [0.25, 0.3) is 5.91 Å². The van der Waals surface area contributed by atoms with Gasteiger partial charge in [0, 0.05) is 24.7 Å². The van der Waals surface area contributed by atoms with Gasteiger partial charge in [-0.3, -0.25) is 14.5 Å². The lowest BCUT2D eigenvalue weighted by Crippen LogP contribution is -2.48. The predicted octanol–water partition coefficient (Wildman–Crippen LogP) is 2.39. The Labute approximate surface area is 156 Å². The number of amides is 2. The van der Waals surface area contributed by atoms with E-state index >= 15 is 0 Å². The first-order valence-electron chi connectivity index (χ1n) is 8.79. The maximum Gasteiger partial charge on any atom is 0.251 e. The normalized spacial score (nSPS) is 16.7. The van der Waals surface area contributed by atoms with Crippen molar-refractivity contribution in [2.24, 2.45) is 5.73 Å². The second kappa shape index (κ2) is 8.26. The van der Waals surface area contributed by atoms with Crippen LogP contribution in [-0.4, -0.2) is 35.8 Å². The Morgan fingerprint density at radius 3 is 2.00 bits per heavy atom. The molecule has 3 rings (SSSR count). The number of likely N-dealkylation sites (tertiary alicyclic amines) is 1. The van der Waals surface area contributed by atoms with Crippen molar-refractivity contribution in [1.29, 1.82) is 0 Å². The van der Waals surface area contributed by atoms with E-state index in [1.54, 1.807) is 12.1 Å². The molecule has 0 radical (unpaired) electrons. The summed E-state index contributed by atoms with van der Waals surface area (Å²) in [6.45, 7) is 1.14. The fourth-order valence-corrected chi connectivity index (χ4v) is 3.37. The zero-order chi connectivity index (χ0) is 19.4. The highest BCUT2D eigenvalue weighted by molar-refractivity contribution is 5.94. The molecular weight excluding hydrogens is 352 g/mol. The van der Waals surface area contributed by atoms with Crippen molar-refractivity contribution in [2.75, 3.05) is 13.1 Å². The molecule has 2 aromatic rings. The molecule has 0 spiro atoms. The van der Waals surface area contributed by atoms with E-state index in [1.165, 1.54) is 36.4 Å². The number of halogens is 2. The van der Waals surface area contributed by atoms with Gasteiger partial charge in [-0.05, 0) is 54.8 Å². The fraction of sp³-hybridized carbons (Fsp3) is 0.300. The molecule has 142 valence electrons. The van der Waals surface area contributed by atoms with Crippen molar-refractivity contribution in [3.8, 4) is 0 Å². The molecule has 2 aromatic carbocycles. The van der Waals surface area contributed by atoms with E-state index in [-0.39, 0.29) is 17.8 Å². The smallest absolute Gasteiger partial charge is 0.251 e. The number of nitrogens with one attached hydrogen (secondary N) is 1. The van der Waals surface area contributed by atoms with Crippen LogP contribution in [0.5, 0.6) is 0 Å². The summed E-state index contributed by atoms with van der Waals surface area (Å²) in [6, 6.07) is 10.5. The van der Waals surface area contributed by atoms with Crippen molar-refractivity contribution >= 4 is 11.8 Å². The third-order valence-corrected chi connectivity index (χ3v) is 4.79. The molecule has 0 saturated carbocycles. The van der Waals surface area contributed by atoms with Crippen LogP contribution in [0.3, 0.4) is 0 Å². The van der Waals surface area contributed by atoms with Crippen molar-refractivity contribution in [2.45, 2.75) is 24.9 Å². The SMILES string of the molecule is NC(=O)[C@@H](c1ccc(F)cc1)N1CCC(NC(=O)c2ccc(F)cc2)CC1. The van der Waals surface area contributed by atoms with E-state index in [4.69, 9.17) is 5.73 Å². The molecule has 1 fully saturated rings. The van der Waals surface area contributed by atoms with Crippen LogP contribution in [-0.2, 0) is 4.79 Å². The monoisotopic (exact) mass is 373 g/mol. The van der Waals surface area contributed by atoms with E-state index in [1.807, 2.05) is 4.90 Å². The van der Waals surface area contributed by atoms with Gasteiger partial charge >= 0.3 is 0 Å². The number of nitrogens with zero attached hydrogens (tertiary/aromatic N) is 1. The predicted molar refractivity (Wildman–Crippen MR) is 96.8 cm³/mol. The second-order valence-electron chi connectivity index (χ2n) is 6.65. The van der Waals surface area contributed by atoms with Crippen LogP contribution < -0.4 is 11.1 Å². The Bertz CT molecular complexity index is 801. The van der Waals surface area contributed by atoms with E-state index in [0.717, 1.165) is 0 Å². The average Bonchev–Trinajstić information content (AvgIpc) is 2.65. The Morgan fingerprint density at radius 1 is 0.963 bits per heavy atom. The molecule has 1 aliphatic heterocycles. The van der Waals surface area contributed by atoms with Gasteiger partial charge in [-0.15, -0.1) is 0 Å². The molecule has 0 bridgehead atoms. The van der Waals surface area contributed by atoms with Gasteiger partial charge in [-0.2, -0.15) is 0 Å². The summed E-state index contributed by atoms with van der Waals surface area (Å²) in [7, 11) is 0. The van der Waals surface area contributed by atoms with Crippen molar-refractivity contribution in [1.82, 2.24) is 10.2 Å². The van der Waals surface area contributed by atoms with Crippen molar-refractivity contribution in [3.63, 3.8) is 0 Å². The van der Waals surface area contributed by atoms with Gasteiger partial charge in [-0.25, -0.2) is 8.78 Å². The highest BCUT2D eigenvalue weighted by Gasteiger charge is 2.30. The number of primary amides is 1. The number of benzene rings is 2. The molecule has 2 amide bonds. The highest BCUT2D eigenvalue weighted by atomic mass is 19.1. The average molecular weight is 373 g/mol. The van der Waals surface area contributed by atoms with E-state index < -0.39 is 17.8 Å². The van der Waals surface area contributed by atoms with Crippen LogP contribution in [0.4, 0.5) is 8.78 Å². The molecular formula is C20H21F2N3O2. The number of hydrogen-bond donors (Lipinski definition) is 2. The minimum Gasteiger partial charge on any atom is -0.368 e. The van der Waals surface area contributed by atoms with Crippen molar-refractivity contribution < 1.29 is 18.4 Å². The summed E-state index contributed by atoms with van der Waals surface area (Å²) < 4.78 is 26.1. The topological polar surface area (TPSA) is 75.4 Å². The molecule has 0 unspecified atom stereocenters. The zero-order valence-electron chi connectivity index (χ0n) is 14.7. The maximum absolute atomic E-state index is 13.1. The highest BCUT2D eigenvalue weighted by Crippen LogP contribution is 2.25.